The number of benzene rings is 2. The van der Waals surface area contributed by atoms with Crippen molar-refractivity contribution < 1.29 is 10.2 Å². The van der Waals surface area contributed by atoms with Gasteiger partial charge >= 0.3 is 0 Å². The summed E-state index contributed by atoms with van der Waals surface area (Å²) in [6, 6.07) is 9.01. The molecule has 0 aliphatic carbocycles. The minimum atomic E-state index is 0.197. The molecule has 0 spiro atoms. The Hall–Kier alpha value is -2.22. The molecule has 2 N–H and O–H groups in total. The van der Waals surface area contributed by atoms with Crippen LogP contribution in [0.1, 0.15) is 98.0 Å². The molecule has 182 valence electrons. The maximum Gasteiger partial charge on any atom is 0.130 e. The second-order valence-electron chi connectivity index (χ2n) is 10.6. The van der Waals surface area contributed by atoms with Gasteiger partial charge in [-0.15, -0.1) is 0 Å². The standard InChI is InChI=1S/C31H46O2/c1-23(2)12-8-13-24(3)14-9-15-25(4)16-10-17-26(5)18-11-19-27-22-30(32)28-20-6-7-21-29(28)31(27)33/h6-7,11,18-25,32-33H,8-10,12-17H2,1-5H3/b19-11?,26-18+/t24-,25-/m0/s1. The van der Waals surface area contributed by atoms with E-state index in [9.17, 15) is 10.2 Å². The topological polar surface area (TPSA) is 40.5 Å². The molecule has 0 saturated heterocycles. The summed E-state index contributed by atoms with van der Waals surface area (Å²) in [6.45, 7) is 11.6. The first-order chi connectivity index (χ1) is 15.8. The summed E-state index contributed by atoms with van der Waals surface area (Å²) in [5, 5.41) is 22.1. The molecule has 33 heavy (non-hydrogen) atoms. The van der Waals surface area contributed by atoms with Crippen molar-refractivity contribution in [2.24, 2.45) is 17.8 Å². The largest absolute Gasteiger partial charge is 0.507 e. The summed E-state index contributed by atoms with van der Waals surface area (Å²) in [7, 11) is 0. The number of phenols is 2. The molecule has 0 saturated carbocycles. The van der Waals surface area contributed by atoms with Gasteiger partial charge in [0.05, 0.1) is 0 Å². The number of allylic oxidation sites excluding steroid dienone is 3. The van der Waals surface area contributed by atoms with Gasteiger partial charge in [-0.3, -0.25) is 0 Å². The van der Waals surface area contributed by atoms with Crippen molar-refractivity contribution in [3.8, 4) is 11.5 Å². The first-order valence-electron chi connectivity index (χ1n) is 13.1. The van der Waals surface area contributed by atoms with E-state index < -0.39 is 0 Å². The monoisotopic (exact) mass is 450 g/mol. The van der Waals surface area contributed by atoms with E-state index in [0.29, 0.717) is 16.3 Å². The van der Waals surface area contributed by atoms with E-state index in [1.165, 1.54) is 56.9 Å². The van der Waals surface area contributed by atoms with Gasteiger partial charge in [-0.05, 0) is 43.6 Å². The minimum absolute atomic E-state index is 0.197. The van der Waals surface area contributed by atoms with Crippen LogP contribution in [0.25, 0.3) is 16.8 Å². The summed E-state index contributed by atoms with van der Waals surface area (Å²) in [5.41, 5.74) is 1.99. The molecule has 0 heterocycles. The predicted octanol–water partition coefficient (Wildman–Crippen LogP) is 9.65. The van der Waals surface area contributed by atoms with E-state index in [4.69, 9.17) is 0 Å². The maximum absolute atomic E-state index is 10.5. The fourth-order valence-electron chi connectivity index (χ4n) is 4.60. The van der Waals surface area contributed by atoms with Crippen LogP contribution in [0.4, 0.5) is 0 Å². The normalized spacial score (nSPS) is 14.4. The Balaban J connectivity index is 1.70. The van der Waals surface area contributed by atoms with Gasteiger partial charge in [-0.1, -0.05) is 121 Å². The van der Waals surface area contributed by atoms with Crippen LogP contribution in [0, 0.1) is 17.8 Å². The molecule has 0 aliphatic rings. The van der Waals surface area contributed by atoms with Crippen LogP contribution < -0.4 is 0 Å². The van der Waals surface area contributed by atoms with Crippen molar-refractivity contribution in [1.82, 2.24) is 0 Å². The summed E-state index contributed by atoms with van der Waals surface area (Å²) in [5.74, 6) is 2.92. The van der Waals surface area contributed by atoms with Gasteiger partial charge < -0.3 is 10.2 Å². The third-order valence-electron chi connectivity index (χ3n) is 6.82. The lowest BCUT2D eigenvalue weighted by Gasteiger charge is -2.15. The van der Waals surface area contributed by atoms with E-state index >= 15 is 0 Å². The molecule has 0 bridgehead atoms. The molecular weight excluding hydrogens is 404 g/mol. The Morgan fingerprint density at radius 3 is 2.03 bits per heavy atom. The smallest absolute Gasteiger partial charge is 0.130 e. The highest BCUT2D eigenvalue weighted by Crippen LogP contribution is 2.35. The molecule has 0 radical (unpaired) electrons. The Morgan fingerprint density at radius 1 is 0.818 bits per heavy atom. The highest BCUT2D eigenvalue weighted by molar-refractivity contribution is 5.95. The van der Waals surface area contributed by atoms with E-state index in [0.717, 1.165) is 24.2 Å². The Morgan fingerprint density at radius 2 is 1.39 bits per heavy atom. The van der Waals surface area contributed by atoms with Crippen molar-refractivity contribution in [3.63, 3.8) is 0 Å². The lowest BCUT2D eigenvalue weighted by atomic mass is 9.91. The zero-order valence-electron chi connectivity index (χ0n) is 21.6. The van der Waals surface area contributed by atoms with Crippen molar-refractivity contribution in [2.75, 3.05) is 0 Å². The average molecular weight is 451 g/mol. The van der Waals surface area contributed by atoms with E-state index in [1.54, 1.807) is 6.07 Å². The quantitative estimate of drug-likeness (QED) is 0.222. The SMILES string of the molecule is C/C(=C\C=Cc1cc(O)c2ccccc2c1O)CCC[C@@H](C)CCC[C@@H](C)CCCC(C)C. The number of hydrogen-bond donors (Lipinski definition) is 2. The second-order valence-corrected chi connectivity index (χ2v) is 10.6. The summed E-state index contributed by atoms with van der Waals surface area (Å²) in [6.07, 6.45) is 17.8. The van der Waals surface area contributed by atoms with Gasteiger partial charge in [0.25, 0.3) is 0 Å². The molecule has 0 aromatic heterocycles. The molecule has 2 atom stereocenters. The molecule has 2 aromatic rings. The predicted molar refractivity (Wildman–Crippen MR) is 145 cm³/mol. The summed E-state index contributed by atoms with van der Waals surface area (Å²) < 4.78 is 0. The van der Waals surface area contributed by atoms with Gasteiger partial charge in [0, 0.05) is 16.3 Å². The zero-order valence-corrected chi connectivity index (χ0v) is 21.6. The lowest BCUT2D eigenvalue weighted by Crippen LogP contribution is -2.00. The summed E-state index contributed by atoms with van der Waals surface area (Å²) in [4.78, 5) is 0. The van der Waals surface area contributed by atoms with Crippen molar-refractivity contribution >= 4 is 16.8 Å². The van der Waals surface area contributed by atoms with E-state index in [2.05, 4.69) is 40.7 Å². The Bertz CT molecular complexity index is 907. The molecule has 0 unspecified atom stereocenters. The van der Waals surface area contributed by atoms with Crippen LogP contribution in [0.5, 0.6) is 11.5 Å². The van der Waals surface area contributed by atoms with Gasteiger partial charge in [0.2, 0.25) is 0 Å². The highest BCUT2D eigenvalue weighted by Gasteiger charge is 2.09. The van der Waals surface area contributed by atoms with Crippen LogP contribution in [0.15, 0.2) is 48.1 Å². The van der Waals surface area contributed by atoms with Gasteiger partial charge in [0.15, 0.2) is 0 Å². The van der Waals surface area contributed by atoms with Crippen LogP contribution in [-0.2, 0) is 0 Å². The van der Waals surface area contributed by atoms with Crippen molar-refractivity contribution in [2.45, 2.75) is 92.4 Å². The first-order valence-corrected chi connectivity index (χ1v) is 13.1. The fraction of sp³-hybridized carbons (Fsp3) is 0.548. The van der Waals surface area contributed by atoms with Crippen LogP contribution in [-0.4, -0.2) is 10.2 Å². The molecular formula is C31H46O2. The Labute approximate surface area is 202 Å². The number of hydrogen-bond acceptors (Lipinski definition) is 2. The van der Waals surface area contributed by atoms with Gasteiger partial charge in [-0.25, -0.2) is 0 Å². The fourth-order valence-corrected chi connectivity index (χ4v) is 4.60. The van der Waals surface area contributed by atoms with Gasteiger partial charge in [-0.2, -0.15) is 0 Å². The van der Waals surface area contributed by atoms with Crippen LogP contribution >= 0.6 is 0 Å². The molecule has 2 heteroatoms. The first kappa shape index (κ1) is 27.0. The summed E-state index contributed by atoms with van der Waals surface area (Å²) >= 11 is 0. The van der Waals surface area contributed by atoms with Crippen molar-refractivity contribution in [3.05, 3.63) is 53.6 Å². The van der Waals surface area contributed by atoms with Crippen LogP contribution in [0.2, 0.25) is 0 Å². The molecule has 0 fully saturated rings. The molecule has 2 aromatic carbocycles. The highest BCUT2D eigenvalue weighted by atomic mass is 16.3. The average Bonchev–Trinajstić information content (AvgIpc) is 2.77. The third-order valence-corrected chi connectivity index (χ3v) is 6.82. The Kier molecular flexibility index (Phi) is 11.6. The molecule has 2 nitrogen and oxygen atoms in total. The lowest BCUT2D eigenvalue weighted by molar-refractivity contribution is 0.389. The second kappa shape index (κ2) is 14.1. The molecule has 0 amide bonds. The third kappa shape index (κ3) is 9.66. The molecule has 0 aliphatic heterocycles. The van der Waals surface area contributed by atoms with Crippen LogP contribution in [0.3, 0.4) is 0 Å². The number of rotatable bonds is 14. The number of aromatic hydroxyl groups is 2. The maximum atomic E-state index is 10.5. The number of phenolic OH excluding ortho intramolecular Hbond substituents is 2. The zero-order chi connectivity index (χ0) is 24.2. The van der Waals surface area contributed by atoms with E-state index in [-0.39, 0.29) is 11.5 Å². The molecule has 2 rings (SSSR count). The minimum Gasteiger partial charge on any atom is -0.507 e. The van der Waals surface area contributed by atoms with Crippen molar-refractivity contribution in [1.29, 1.82) is 0 Å². The van der Waals surface area contributed by atoms with Gasteiger partial charge in [0.1, 0.15) is 11.5 Å². The number of fused-ring (bicyclic) bond motifs is 1. The van der Waals surface area contributed by atoms with E-state index in [1.807, 2.05) is 36.4 Å².